The van der Waals surface area contributed by atoms with E-state index >= 15 is 0 Å². The second kappa shape index (κ2) is 11.9. The molecule has 1 N–H and O–H groups in total. The summed E-state index contributed by atoms with van der Waals surface area (Å²) in [5.41, 5.74) is 1.13. The van der Waals surface area contributed by atoms with Crippen LogP contribution in [-0.2, 0) is 23.1 Å². The maximum atomic E-state index is 13.5. The van der Waals surface area contributed by atoms with E-state index in [1.807, 2.05) is 20.0 Å². The molecular weight excluding hydrogens is 547 g/mol. The molecule has 0 fully saturated rings. The normalized spacial score (nSPS) is 11.3. The molecule has 0 saturated heterocycles. The summed E-state index contributed by atoms with van der Waals surface area (Å²) >= 11 is 12.3. The largest absolute Gasteiger partial charge is 0.456 e. The van der Waals surface area contributed by atoms with Crippen molar-refractivity contribution in [2.45, 2.75) is 31.8 Å². The number of hydrogen-bond acceptors (Lipinski definition) is 5. The molecule has 8 nitrogen and oxygen atoms in total. The monoisotopic (exact) mass is 572 g/mol. The van der Waals surface area contributed by atoms with Crippen molar-refractivity contribution in [3.8, 4) is 11.5 Å². The highest BCUT2D eigenvalue weighted by Crippen LogP contribution is 2.30. The Labute approximate surface area is 231 Å². The molecule has 4 rings (SSSR count). The summed E-state index contributed by atoms with van der Waals surface area (Å²) < 4.78 is 36.5. The quantitative estimate of drug-likeness (QED) is 0.235. The average Bonchev–Trinajstić information content (AvgIpc) is 3.37. The van der Waals surface area contributed by atoms with Crippen molar-refractivity contribution in [1.82, 2.24) is 14.7 Å². The molecule has 1 amide bonds. The van der Waals surface area contributed by atoms with Gasteiger partial charge < -0.3 is 9.64 Å². The predicted octanol–water partition coefficient (Wildman–Crippen LogP) is 6.47. The fraction of sp³-hybridized carbons (Fsp3) is 0.185. The standard InChI is InChI=1S/C27H26Cl2N4O4S/c1-3-32(17-19-16-30-33(4-2)18-19)27(34)23-15-20(28)9-14-25(23)31-38(35,36)22-12-10-21(11-13-22)37-26-8-6-5-7-24(26)29/h5-16,18,31H,3-4,17H2,1-2H3. The van der Waals surface area contributed by atoms with E-state index in [0.717, 1.165) is 5.56 Å². The maximum absolute atomic E-state index is 13.5. The van der Waals surface area contributed by atoms with Gasteiger partial charge in [-0.1, -0.05) is 35.3 Å². The third kappa shape index (κ3) is 6.48. The van der Waals surface area contributed by atoms with Gasteiger partial charge in [0.2, 0.25) is 0 Å². The van der Waals surface area contributed by atoms with Crippen LogP contribution in [-0.4, -0.2) is 35.6 Å². The minimum atomic E-state index is -4.03. The third-order valence-corrected chi connectivity index (χ3v) is 7.64. The van der Waals surface area contributed by atoms with Crippen LogP contribution in [0.1, 0.15) is 29.8 Å². The Morgan fingerprint density at radius 3 is 2.45 bits per heavy atom. The van der Waals surface area contributed by atoms with Gasteiger partial charge in [-0.3, -0.25) is 14.2 Å². The van der Waals surface area contributed by atoms with Crippen LogP contribution in [0, 0.1) is 0 Å². The highest BCUT2D eigenvalue weighted by atomic mass is 35.5. The number of hydrogen-bond donors (Lipinski definition) is 1. The third-order valence-electron chi connectivity index (χ3n) is 5.71. The van der Waals surface area contributed by atoms with Crippen molar-refractivity contribution in [1.29, 1.82) is 0 Å². The summed E-state index contributed by atoms with van der Waals surface area (Å²) in [4.78, 5) is 15.1. The van der Waals surface area contributed by atoms with Gasteiger partial charge in [-0.05, 0) is 68.4 Å². The van der Waals surface area contributed by atoms with Gasteiger partial charge in [0.05, 0.1) is 27.4 Å². The molecule has 4 aromatic rings. The van der Waals surface area contributed by atoms with Crippen LogP contribution in [0.4, 0.5) is 5.69 Å². The number of carbonyl (C=O) groups is 1. The van der Waals surface area contributed by atoms with Crippen molar-refractivity contribution in [3.05, 3.63) is 100 Å². The second-order valence-electron chi connectivity index (χ2n) is 8.32. The number of carbonyl (C=O) groups excluding carboxylic acids is 1. The van der Waals surface area contributed by atoms with Crippen molar-refractivity contribution >= 4 is 44.8 Å². The Hall–Kier alpha value is -3.53. The number of sulfonamides is 1. The molecule has 1 heterocycles. The predicted molar refractivity (Wildman–Crippen MR) is 149 cm³/mol. The number of aromatic nitrogens is 2. The van der Waals surface area contributed by atoms with Gasteiger partial charge in [0, 0.05) is 36.4 Å². The lowest BCUT2D eigenvalue weighted by atomic mass is 10.1. The Bertz CT molecular complexity index is 1540. The summed E-state index contributed by atoms with van der Waals surface area (Å²) in [6.45, 7) is 5.27. The molecule has 38 heavy (non-hydrogen) atoms. The van der Waals surface area contributed by atoms with E-state index in [1.165, 1.54) is 42.5 Å². The van der Waals surface area contributed by atoms with Crippen molar-refractivity contribution in [2.24, 2.45) is 0 Å². The number of amides is 1. The Kier molecular flexibility index (Phi) is 8.61. The lowest BCUT2D eigenvalue weighted by Gasteiger charge is -2.22. The molecule has 0 saturated carbocycles. The van der Waals surface area contributed by atoms with Gasteiger partial charge in [0.25, 0.3) is 15.9 Å². The average molecular weight is 574 g/mol. The summed E-state index contributed by atoms with van der Waals surface area (Å²) in [5, 5.41) is 5.00. The van der Waals surface area contributed by atoms with Crippen LogP contribution >= 0.6 is 23.2 Å². The SMILES string of the molecule is CCN(Cc1cnn(CC)c1)C(=O)c1cc(Cl)ccc1NS(=O)(=O)c1ccc(Oc2ccccc2Cl)cc1. The summed E-state index contributed by atoms with van der Waals surface area (Å²) in [5.74, 6) is 0.513. The molecule has 198 valence electrons. The minimum Gasteiger partial charge on any atom is -0.456 e. The van der Waals surface area contributed by atoms with Crippen molar-refractivity contribution in [2.75, 3.05) is 11.3 Å². The fourth-order valence-electron chi connectivity index (χ4n) is 3.71. The Balaban J connectivity index is 1.55. The molecule has 0 aliphatic rings. The smallest absolute Gasteiger partial charge is 0.261 e. The number of nitrogens with zero attached hydrogens (tertiary/aromatic N) is 3. The highest BCUT2D eigenvalue weighted by Gasteiger charge is 2.23. The Morgan fingerprint density at radius 1 is 1.05 bits per heavy atom. The number of aryl methyl sites for hydroxylation is 1. The molecule has 0 atom stereocenters. The van der Waals surface area contributed by atoms with Crippen LogP contribution in [0.15, 0.2) is 84.0 Å². The lowest BCUT2D eigenvalue weighted by molar-refractivity contribution is 0.0753. The number of para-hydroxylation sites is 1. The first-order chi connectivity index (χ1) is 18.2. The summed E-state index contributed by atoms with van der Waals surface area (Å²) in [6, 6.07) is 17.3. The van der Waals surface area contributed by atoms with Crippen molar-refractivity contribution in [3.63, 3.8) is 0 Å². The molecule has 0 bridgehead atoms. The van der Waals surface area contributed by atoms with Crippen LogP contribution in [0.25, 0.3) is 0 Å². The van der Waals surface area contributed by atoms with Crippen LogP contribution in [0.2, 0.25) is 10.0 Å². The van der Waals surface area contributed by atoms with E-state index in [1.54, 1.807) is 40.0 Å². The molecule has 0 aliphatic heterocycles. The molecule has 0 spiro atoms. The van der Waals surface area contributed by atoms with Gasteiger partial charge in [0.15, 0.2) is 0 Å². The molecule has 0 aliphatic carbocycles. The number of nitrogens with one attached hydrogen (secondary N) is 1. The topological polar surface area (TPSA) is 93.5 Å². The molecule has 0 radical (unpaired) electrons. The van der Waals surface area contributed by atoms with Gasteiger partial charge in [-0.25, -0.2) is 8.42 Å². The molecule has 1 aromatic heterocycles. The zero-order chi connectivity index (χ0) is 27.3. The van der Waals surface area contributed by atoms with E-state index < -0.39 is 10.0 Å². The zero-order valence-corrected chi connectivity index (χ0v) is 23.1. The highest BCUT2D eigenvalue weighted by molar-refractivity contribution is 7.92. The molecular formula is C27H26Cl2N4O4S. The number of anilines is 1. The lowest BCUT2D eigenvalue weighted by Crippen LogP contribution is -2.31. The van der Waals surface area contributed by atoms with Gasteiger partial charge in [0.1, 0.15) is 11.5 Å². The van der Waals surface area contributed by atoms with E-state index in [-0.39, 0.29) is 22.1 Å². The zero-order valence-electron chi connectivity index (χ0n) is 20.8. The number of benzene rings is 3. The van der Waals surface area contributed by atoms with E-state index in [0.29, 0.717) is 41.2 Å². The first kappa shape index (κ1) is 27.5. The summed E-state index contributed by atoms with van der Waals surface area (Å²) in [7, 11) is -4.03. The fourth-order valence-corrected chi connectivity index (χ4v) is 5.13. The van der Waals surface area contributed by atoms with Crippen LogP contribution in [0.5, 0.6) is 11.5 Å². The van der Waals surface area contributed by atoms with E-state index in [9.17, 15) is 13.2 Å². The Morgan fingerprint density at radius 2 is 1.79 bits per heavy atom. The number of ether oxygens (including phenoxy) is 1. The maximum Gasteiger partial charge on any atom is 0.261 e. The molecule has 3 aromatic carbocycles. The minimum absolute atomic E-state index is 0.00307. The second-order valence-corrected chi connectivity index (χ2v) is 10.8. The van der Waals surface area contributed by atoms with Gasteiger partial charge in [-0.15, -0.1) is 0 Å². The molecule has 0 unspecified atom stereocenters. The number of rotatable bonds is 10. The summed E-state index contributed by atoms with van der Waals surface area (Å²) in [6.07, 6.45) is 3.58. The molecule has 11 heteroatoms. The van der Waals surface area contributed by atoms with Crippen LogP contribution < -0.4 is 9.46 Å². The first-order valence-electron chi connectivity index (χ1n) is 11.9. The van der Waals surface area contributed by atoms with E-state index in [2.05, 4.69) is 9.82 Å². The number of halogens is 2. The first-order valence-corrected chi connectivity index (χ1v) is 14.1. The van der Waals surface area contributed by atoms with Gasteiger partial charge in [-0.2, -0.15) is 5.10 Å². The van der Waals surface area contributed by atoms with E-state index in [4.69, 9.17) is 27.9 Å². The van der Waals surface area contributed by atoms with Gasteiger partial charge >= 0.3 is 0 Å². The van der Waals surface area contributed by atoms with Crippen molar-refractivity contribution < 1.29 is 17.9 Å². The van der Waals surface area contributed by atoms with Crippen LogP contribution in [0.3, 0.4) is 0 Å².